The Kier molecular flexibility index (Phi) is 5.03. The number of carbonyl (C=O) groups is 1. The number of benzene rings is 3. The van der Waals surface area contributed by atoms with E-state index in [1.165, 1.54) is 31.4 Å². The lowest BCUT2D eigenvalue weighted by molar-refractivity contribution is -0.0500. The number of rotatable bonds is 5. The molecule has 0 aliphatic carbocycles. The predicted molar refractivity (Wildman–Crippen MR) is 96.0 cm³/mol. The van der Waals surface area contributed by atoms with E-state index >= 15 is 0 Å². The Morgan fingerprint density at radius 2 is 1.61 bits per heavy atom. The summed E-state index contributed by atoms with van der Waals surface area (Å²) in [5.74, 6) is -1.07. The van der Waals surface area contributed by atoms with Gasteiger partial charge in [-0.25, -0.2) is 0 Å². The molecule has 3 aromatic carbocycles. The zero-order chi connectivity index (χ0) is 20.5. The van der Waals surface area contributed by atoms with E-state index in [2.05, 4.69) is 4.18 Å². The van der Waals surface area contributed by atoms with E-state index in [0.29, 0.717) is 11.1 Å². The first kappa shape index (κ1) is 19.7. The van der Waals surface area contributed by atoms with Gasteiger partial charge in [-0.05, 0) is 23.6 Å². The van der Waals surface area contributed by atoms with Crippen LogP contribution in [0.3, 0.4) is 0 Å². The summed E-state index contributed by atoms with van der Waals surface area (Å²) >= 11 is 0. The molecular weight excluding hydrogens is 397 g/mol. The molecule has 0 atom stereocenters. The van der Waals surface area contributed by atoms with Crippen molar-refractivity contribution in [3.8, 4) is 11.5 Å². The molecule has 3 rings (SSSR count). The summed E-state index contributed by atoms with van der Waals surface area (Å²) in [6, 6.07) is 14.7. The number of ether oxygens (including phenoxy) is 1. The Bertz CT molecular complexity index is 1140. The van der Waals surface area contributed by atoms with Crippen LogP contribution < -0.4 is 8.92 Å². The van der Waals surface area contributed by atoms with Crippen LogP contribution in [-0.4, -0.2) is 26.8 Å². The number of fused-ring (bicyclic) bond motifs is 1. The molecule has 9 heteroatoms. The van der Waals surface area contributed by atoms with Crippen molar-refractivity contribution in [1.82, 2.24) is 0 Å². The van der Waals surface area contributed by atoms with Crippen LogP contribution in [0.5, 0.6) is 11.5 Å². The van der Waals surface area contributed by atoms with Crippen molar-refractivity contribution in [2.45, 2.75) is 5.51 Å². The molecule has 0 aromatic heterocycles. The summed E-state index contributed by atoms with van der Waals surface area (Å²) < 4.78 is 70.8. The summed E-state index contributed by atoms with van der Waals surface area (Å²) in [6.07, 6.45) is 0. The average Bonchev–Trinajstić information content (AvgIpc) is 2.66. The number of alkyl halides is 3. The minimum atomic E-state index is -5.96. The van der Waals surface area contributed by atoms with Crippen molar-refractivity contribution < 1.29 is 35.3 Å². The molecule has 0 radical (unpaired) electrons. The highest BCUT2D eigenvalue weighted by molar-refractivity contribution is 7.88. The number of hydrogen-bond donors (Lipinski definition) is 0. The van der Waals surface area contributed by atoms with E-state index in [0.717, 1.165) is 6.07 Å². The molecule has 0 heterocycles. The van der Waals surface area contributed by atoms with E-state index < -0.39 is 27.2 Å². The van der Waals surface area contributed by atoms with Crippen LogP contribution >= 0.6 is 0 Å². The van der Waals surface area contributed by atoms with Gasteiger partial charge in [-0.2, -0.15) is 21.6 Å². The number of ketones is 1. The standard InChI is InChI=1S/C19H13F3O5S/c1-26-14-9-7-12-8-10-16(27-28(24,25)19(20,21)22)17(15(12)11-14)18(23)13-5-3-2-4-6-13/h2-11H,1H3. The summed E-state index contributed by atoms with van der Waals surface area (Å²) in [7, 11) is -4.57. The Morgan fingerprint density at radius 1 is 0.964 bits per heavy atom. The van der Waals surface area contributed by atoms with Gasteiger partial charge in [0.25, 0.3) is 0 Å². The zero-order valence-corrected chi connectivity index (χ0v) is 15.2. The minimum Gasteiger partial charge on any atom is -0.497 e. The van der Waals surface area contributed by atoms with Crippen molar-refractivity contribution in [3.63, 3.8) is 0 Å². The van der Waals surface area contributed by atoms with Crippen LogP contribution in [-0.2, 0) is 10.1 Å². The number of hydrogen-bond acceptors (Lipinski definition) is 5. The van der Waals surface area contributed by atoms with E-state index in [1.54, 1.807) is 30.3 Å². The predicted octanol–water partition coefficient (Wildman–Crippen LogP) is 4.31. The normalized spacial score (nSPS) is 12.0. The maximum Gasteiger partial charge on any atom is 0.534 e. The summed E-state index contributed by atoms with van der Waals surface area (Å²) in [5, 5.41) is 0.694. The SMILES string of the molecule is COc1ccc2ccc(OS(=O)(=O)C(F)(F)F)c(C(=O)c3ccccc3)c2c1. The van der Waals surface area contributed by atoms with E-state index in [1.807, 2.05) is 0 Å². The summed E-state index contributed by atoms with van der Waals surface area (Å²) in [4.78, 5) is 13.0. The van der Waals surface area contributed by atoms with Gasteiger partial charge in [0, 0.05) is 10.9 Å². The molecule has 0 amide bonds. The molecule has 0 saturated carbocycles. The third-order valence-corrected chi connectivity index (χ3v) is 4.90. The van der Waals surface area contributed by atoms with Gasteiger partial charge >= 0.3 is 15.6 Å². The Balaban J connectivity index is 2.28. The third-order valence-electron chi connectivity index (χ3n) is 3.94. The summed E-state index contributed by atoms with van der Waals surface area (Å²) in [5.41, 5.74) is -5.79. The van der Waals surface area contributed by atoms with Gasteiger partial charge in [-0.1, -0.05) is 42.5 Å². The maximum atomic E-state index is 13.0. The Morgan fingerprint density at radius 3 is 2.21 bits per heavy atom. The molecule has 3 aromatic rings. The van der Waals surface area contributed by atoms with E-state index in [4.69, 9.17) is 4.74 Å². The average molecular weight is 410 g/mol. The van der Waals surface area contributed by atoms with Crippen LogP contribution in [0.25, 0.3) is 10.8 Å². The first-order valence-corrected chi connectivity index (χ1v) is 9.26. The largest absolute Gasteiger partial charge is 0.534 e. The van der Waals surface area contributed by atoms with Crippen LogP contribution in [0.2, 0.25) is 0 Å². The molecule has 146 valence electrons. The van der Waals surface area contributed by atoms with Crippen LogP contribution in [0.15, 0.2) is 60.7 Å². The summed E-state index contributed by atoms with van der Waals surface area (Å²) in [6.45, 7) is 0. The van der Waals surface area contributed by atoms with Gasteiger partial charge < -0.3 is 8.92 Å². The van der Waals surface area contributed by atoms with Crippen molar-refractivity contribution in [1.29, 1.82) is 0 Å². The molecule has 0 unspecified atom stereocenters. The van der Waals surface area contributed by atoms with Crippen LogP contribution in [0.1, 0.15) is 15.9 Å². The molecule has 0 aliphatic heterocycles. The second-order valence-electron chi connectivity index (χ2n) is 5.70. The second-order valence-corrected chi connectivity index (χ2v) is 7.24. The first-order valence-electron chi connectivity index (χ1n) is 7.85. The Labute approximate surface area is 158 Å². The van der Waals surface area contributed by atoms with Crippen molar-refractivity contribution >= 4 is 26.7 Å². The van der Waals surface area contributed by atoms with Gasteiger partial charge in [0.2, 0.25) is 0 Å². The highest BCUT2D eigenvalue weighted by atomic mass is 32.2. The van der Waals surface area contributed by atoms with E-state index in [-0.39, 0.29) is 16.5 Å². The quantitative estimate of drug-likeness (QED) is 0.356. The smallest absolute Gasteiger partial charge is 0.497 e. The van der Waals surface area contributed by atoms with Gasteiger partial charge in [0.1, 0.15) is 5.75 Å². The molecule has 0 saturated heterocycles. The lowest BCUT2D eigenvalue weighted by Crippen LogP contribution is -2.28. The lowest BCUT2D eigenvalue weighted by Gasteiger charge is -2.15. The topological polar surface area (TPSA) is 69.7 Å². The zero-order valence-electron chi connectivity index (χ0n) is 14.4. The van der Waals surface area contributed by atoms with Crippen molar-refractivity contribution in [2.24, 2.45) is 0 Å². The van der Waals surface area contributed by atoms with Crippen molar-refractivity contribution in [2.75, 3.05) is 7.11 Å². The molecule has 0 N–H and O–H groups in total. The Hall–Kier alpha value is -3.07. The third kappa shape index (κ3) is 3.65. The minimum absolute atomic E-state index is 0.159. The van der Waals surface area contributed by atoms with Gasteiger partial charge in [-0.15, -0.1) is 0 Å². The molecule has 0 fully saturated rings. The van der Waals surface area contributed by atoms with E-state index in [9.17, 15) is 26.4 Å². The fourth-order valence-corrected chi connectivity index (χ4v) is 3.08. The highest BCUT2D eigenvalue weighted by Gasteiger charge is 2.49. The van der Waals surface area contributed by atoms with Crippen molar-refractivity contribution in [3.05, 3.63) is 71.8 Å². The molecule has 5 nitrogen and oxygen atoms in total. The second kappa shape index (κ2) is 7.16. The van der Waals surface area contributed by atoms with Crippen LogP contribution in [0, 0.1) is 0 Å². The molecule has 0 aliphatic rings. The molecule has 0 bridgehead atoms. The molecule has 28 heavy (non-hydrogen) atoms. The number of halogens is 3. The maximum absolute atomic E-state index is 13.0. The number of methoxy groups -OCH3 is 1. The van der Waals surface area contributed by atoms with Gasteiger partial charge in [-0.3, -0.25) is 4.79 Å². The highest BCUT2D eigenvalue weighted by Crippen LogP contribution is 2.35. The monoisotopic (exact) mass is 410 g/mol. The lowest BCUT2D eigenvalue weighted by atomic mass is 9.96. The molecule has 0 spiro atoms. The number of carbonyl (C=O) groups excluding carboxylic acids is 1. The fraction of sp³-hybridized carbons (Fsp3) is 0.105. The van der Waals surface area contributed by atoms with Gasteiger partial charge in [0.05, 0.1) is 12.7 Å². The molecular formula is C19H13F3O5S. The first-order chi connectivity index (χ1) is 13.1. The van der Waals surface area contributed by atoms with Crippen LogP contribution in [0.4, 0.5) is 13.2 Å². The van der Waals surface area contributed by atoms with Gasteiger partial charge in [0.15, 0.2) is 11.5 Å². The fourth-order valence-electron chi connectivity index (χ4n) is 2.61.